The number of fused-ring (bicyclic) bond motifs is 5. The van der Waals surface area contributed by atoms with Crippen LogP contribution in [0.4, 0.5) is 4.79 Å². The van der Waals surface area contributed by atoms with E-state index in [1.54, 1.807) is 0 Å². The summed E-state index contributed by atoms with van der Waals surface area (Å²) in [6, 6.07) is 14.7. The van der Waals surface area contributed by atoms with Gasteiger partial charge in [-0.25, -0.2) is 9.59 Å². The molecule has 2 amide bonds. The van der Waals surface area contributed by atoms with Gasteiger partial charge in [0.05, 0.1) is 5.92 Å². The van der Waals surface area contributed by atoms with Gasteiger partial charge in [0.15, 0.2) is 0 Å². The predicted molar refractivity (Wildman–Crippen MR) is 128 cm³/mol. The first-order valence-corrected chi connectivity index (χ1v) is 12.2. The first-order valence-electron chi connectivity index (χ1n) is 12.2. The molecule has 35 heavy (non-hydrogen) atoms. The molecule has 2 bridgehead atoms. The number of aliphatic hydroxyl groups excluding tert-OH is 1. The van der Waals surface area contributed by atoms with Gasteiger partial charge in [0.25, 0.3) is 0 Å². The van der Waals surface area contributed by atoms with Crippen molar-refractivity contribution in [2.45, 2.75) is 43.7 Å². The third-order valence-corrected chi connectivity index (χ3v) is 7.88. The van der Waals surface area contributed by atoms with Crippen LogP contribution in [0.3, 0.4) is 0 Å². The molecular formula is C27H30N2O6. The van der Waals surface area contributed by atoms with Crippen LogP contribution in [0.25, 0.3) is 11.1 Å². The first-order chi connectivity index (χ1) is 17.0. The van der Waals surface area contributed by atoms with Crippen molar-refractivity contribution in [3.63, 3.8) is 0 Å². The number of ether oxygens (including phenoxy) is 1. The second-order valence-corrected chi connectivity index (χ2v) is 9.77. The van der Waals surface area contributed by atoms with Crippen LogP contribution in [0, 0.1) is 17.8 Å². The zero-order valence-electron chi connectivity index (χ0n) is 19.4. The van der Waals surface area contributed by atoms with Gasteiger partial charge >= 0.3 is 12.1 Å². The van der Waals surface area contributed by atoms with E-state index < -0.39 is 30.1 Å². The number of hydrogen-bond donors (Lipinski definition) is 4. The van der Waals surface area contributed by atoms with E-state index in [1.165, 1.54) is 0 Å². The molecule has 3 aliphatic carbocycles. The molecular weight excluding hydrogens is 448 g/mol. The van der Waals surface area contributed by atoms with E-state index in [0.29, 0.717) is 0 Å². The number of alkyl carbamates (subject to hydrolysis) is 1. The number of amides is 2. The molecule has 2 aromatic rings. The third-order valence-electron chi connectivity index (χ3n) is 7.88. The van der Waals surface area contributed by atoms with E-state index in [9.17, 15) is 19.5 Å². The van der Waals surface area contributed by atoms with Crippen molar-refractivity contribution in [1.29, 1.82) is 0 Å². The third kappa shape index (κ3) is 4.38. The number of carboxylic acids is 1. The van der Waals surface area contributed by atoms with Crippen molar-refractivity contribution in [3.8, 4) is 11.1 Å². The molecule has 0 saturated heterocycles. The Labute approximate surface area is 203 Å². The van der Waals surface area contributed by atoms with Gasteiger partial charge in [-0.2, -0.15) is 0 Å². The van der Waals surface area contributed by atoms with Crippen LogP contribution in [0.15, 0.2) is 48.5 Å². The van der Waals surface area contributed by atoms with Crippen LogP contribution in [-0.4, -0.2) is 53.5 Å². The maximum absolute atomic E-state index is 13.0. The number of carbonyl (C=O) groups excluding carboxylic acids is 2. The molecule has 5 atom stereocenters. The number of rotatable bonds is 8. The van der Waals surface area contributed by atoms with Crippen molar-refractivity contribution in [3.05, 3.63) is 59.7 Å². The Kier molecular flexibility index (Phi) is 6.47. The number of benzene rings is 2. The highest BCUT2D eigenvalue weighted by atomic mass is 16.5. The largest absolute Gasteiger partial charge is 0.480 e. The normalized spacial score (nSPS) is 24.9. The molecule has 8 heteroatoms. The fourth-order valence-corrected chi connectivity index (χ4v) is 6.31. The molecule has 4 N–H and O–H groups in total. The lowest BCUT2D eigenvalue weighted by Gasteiger charge is -2.31. The van der Waals surface area contributed by atoms with E-state index >= 15 is 0 Å². The van der Waals surface area contributed by atoms with E-state index in [2.05, 4.69) is 34.9 Å². The Morgan fingerprint density at radius 1 is 0.971 bits per heavy atom. The number of carboxylic acid groups (broad SMARTS) is 1. The lowest BCUT2D eigenvalue weighted by Crippen LogP contribution is -2.53. The Hall–Kier alpha value is -3.39. The Bertz CT molecular complexity index is 1090. The monoisotopic (exact) mass is 478 g/mol. The van der Waals surface area contributed by atoms with Crippen molar-refractivity contribution >= 4 is 18.0 Å². The van der Waals surface area contributed by atoms with Crippen LogP contribution in [0.1, 0.15) is 42.7 Å². The molecule has 0 aromatic heterocycles. The van der Waals surface area contributed by atoms with Crippen LogP contribution >= 0.6 is 0 Å². The molecule has 3 aliphatic rings. The fourth-order valence-electron chi connectivity index (χ4n) is 6.31. The summed E-state index contributed by atoms with van der Waals surface area (Å²) >= 11 is 0. The molecule has 0 heterocycles. The van der Waals surface area contributed by atoms with Gasteiger partial charge < -0.3 is 25.6 Å². The minimum atomic E-state index is -1.18. The standard InChI is InChI=1S/C27H30N2O6/c30-12-11-22(26(32)33)28-25(31)23-15-9-10-16(13-15)24(23)29-27(34)35-14-21-19-7-3-1-5-17(19)18-6-2-4-8-20(18)21/h1-8,15-16,21-24,30H,9-14H2,(H,28,31)(H,29,34)(H,32,33)/t15?,16?,22-,23?,24?/m0/s1. The van der Waals surface area contributed by atoms with Crippen molar-refractivity contribution in [1.82, 2.24) is 10.6 Å². The van der Waals surface area contributed by atoms with E-state index in [0.717, 1.165) is 41.5 Å². The van der Waals surface area contributed by atoms with E-state index in [4.69, 9.17) is 9.84 Å². The zero-order chi connectivity index (χ0) is 24.5. The van der Waals surface area contributed by atoms with Gasteiger partial charge in [-0.3, -0.25) is 4.79 Å². The van der Waals surface area contributed by atoms with Gasteiger partial charge in [0.2, 0.25) is 5.91 Å². The molecule has 2 aromatic carbocycles. The lowest BCUT2D eigenvalue weighted by atomic mass is 9.83. The quantitative estimate of drug-likeness (QED) is 0.462. The van der Waals surface area contributed by atoms with Gasteiger partial charge in [-0.15, -0.1) is 0 Å². The Morgan fingerprint density at radius 3 is 2.23 bits per heavy atom. The summed E-state index contributed by atoms with van der Waals surface area (Å²) in [5.74, 6) is -1.87. The van der Waals surface area contributed by atoms with Gasteiger partial charge in [-0.05, 0) is 53.4 Å². The highest BCUT2D eigenvalue weighted by Crippen LogP contribution is 2.49. The van der Waals surface area contributed by atoms with Crippen molar-refractivity contribution < 1.29 is 29.3 Å². The molecule has 0 aliphatic heterocycles. The average molecular weight is 479 g/mol. The maximum Gasteiger partial charge on any atom is 0.407 e. The van der Waals surface area contributed by atoms with Crippen molar-refractivity contribution in [2.24, 2.45) is 17.8 Å². The number of carbonyl (C=O) groups is 3. The zero-order valence-corrected chi connectivity index (χ0v) is 19.4. The van der Waals surface area contributed by atoms with Crippen molar-refractivity contribution in [2.75, 3.05) is 13.2 Å². The van der Waals surface area contributed by atoms with E-state index in [-0.39, 0.29) is 43.3 Å². The van der Waals surface area contributed by atoms with Gasteiger partial charge in [0, 0.05) is 25.0 Å². The second kappa shape index (κ2) is 9.70. The van der Waals surface area contributed by atoms with Crippen LogP contribution in [-0.2, 0) is 14.3 Å². The molecule has 2 saturated carbocycles. The molecule has 184 valence electrons. The summed E-state index contributed by atoms with van der Waals surface area (Å²) < 4.78 is 5.69. The average Bonchev–Trinajstić information content (AvgIpc) is 3.54. The second-order valence-electron chi connectivity index (χ2n) is 9.77. The minimum Gasteiger partial charge on any atom is -0.480 e. The molecule has 4 unspecified atom stereocenters. The minimum absolute atomic E-state index is 0.0536. The SMILES string of the molecule is O=C(NC1C2CCC(C2)C1C(=O)N[C@@H](CCO)C(=O)O)OCC1c2ccccc2-c2ccccc21. The maximum atomic E-state index is 13.0. The summed E-state index contributed by atoms with van der Waals surface area (Å²) in [7, 11) is 0. The van der Waals surface area contributed by atoms with Gasteiger partial charge in [0.1, 0.15) is 12.6 Å². The number of aliphatic carboxylic acids is 1. The number of nitrogens with one attached hydrogen (secondary N) is 2. The summed E-state index contributed by atoms with van der Waals surface area (Å²) in [5.41, 5.74) is 4.56. The predicted octanol–water partition coefficient (Wildman–Crippen LogP) is 2.89. The van der Waals surface area contributed by atoms with E-state index in [1.807, 2.05) is 24.3 Å². The smallest absolute Gasteiger partial charge is 0.407 e. The first kappa shape index (κ1) is 23.4. The fraction of sp³-hybridized carbons (Fsp3) is 0.444. The summed E-state index contributed by atoms with van der Waals surface area (Å²) in [6.07, 6.45) is 1.99. The summed E-state index contributed by atoms with van der Waals surface area (Å²) in [6.45, 7) is -0.148. The molecule has 8 nitrogen and oxygen atoms in total. The van der Waals surface area contributed by atoms with Crippen LogP contribution in [0.2, 0.25) is 0 Å². The molecule has 0 radical (unpaired) electrons. The highest BCUT2D eigenvalue weighted by Gasteiger charge is 2.52. The summed E-state index contributed by atoms with van der Waals surface area (Å²) in [4.78, 5) is 37.3. The Balaban J connectivity index is 1.25. The van der Waals surface area contributed by atoms with Gasteiger partial charge in [-0.1, -0.05) is 48.5 Å². The molecule has 2 fully saturated rings. The topological polar surface area (TPSA) is 125 Å². The number of aliphatic hydroxyl groups is 1. The number of hydrogen-bond acceptors (Lipinski definition) is 5. The molecule has 5 rings (SSSR count). The summed E-state index contributed by atoms with van der Waals surface area (Å²) in [5, 5.41) is 23.9. The highest BCUT2D eigenvalue weighted by molar-refractivity contribution is 5.86. The lowest BCUT2D eigenvalue weighted by molar-refractivity contribution is -0.143. The van der Waals surface area contributed by atoms with Crippen LogP contribution in [0.5, 0.6) is 0 Å². The molecule has 0 spiro atoms. The Morgan fingerprint density at radius 2 is 1.60 bits per heavy atom. The van der Waals surface area contributed by atoms with Crippen LogP contribution < -0.4 is 10.6 Å².